The van der Waals surface area contributed by atoms with Crippen molar-refractivity contribution in [2.75, 3.05) is 19.8 Å². The molecule has 0 saturated carbocycles. The maximum atomic E-state index is 12.3. The highest BCUT2D eigenvalue weighted by molar-refractivity contribution is 5.95. The summed E-state index contributed by atoms with van der Waals surface area (Å²) in [6.45, 7) is 6.43. The molecule has 0 amide bonds. The van der Waals surface area contributed by atoms with E-state index in [2.05, 4.69) is 0 Å². The smallest absolute Gasteiger partial charge is 0.320 e. The molecule has 0 unspecified atom stereocenters. The highest BCUT2D eigenvalue weighted by atomic mass is 16.6. The van der Waals surface area contributed by atoms with Gasteiger partial charge in [-0.15, -0.1) is 0 Å². The van der Waals surface area contributed by atoms with Crippen LogP contribution in [-0.2, 0) is 23.8 Å². The van der Waals surface area contributed by atoms with E-state index >= 15 is 0 Å². The lowest BCUT2D eigenvalue weighted by Crippen LogP contribution is -2.36. The first-order valence-corrected chi connectivity index (χ1v) is 8.10. The molecule has 1 aromatic rings. The summed E-state index contributed by atoms with van der Waals surface area (Å²) in [7, 11) is 0. The van der Waals surface area contributed by atoms with Crippen molar-refractivity contribution in [3.05, 3.63) is 35.4 Å². The van der Waals surface area contributed by atoms with Crippen molar-refractivity contribution in [2.24, 2.45) is 11.8 Å². The minimum atomic E-state index is -0.943. The zero-order valence-electron chi connectivity index (χ0n) is 13.9. The minimum Gasteiger partial charge on any atom is -0.465 e. The molecular formula is C18H24O5. The third-order valence-corrected chi connectivity index (χ3v) is 4.14. The summed E-state index contributed by atoms with van der Waals surface area (Å²) in [5, 5.41) is 0. The van der Waals surface area contributed by atoms with Gasteiger partial charge in [0.25, 0.3) is 0 Å². The van der Waals surface area contributed by atoms with Gasteiger partial charge < -0.3 is 14.2 Å². The van der Waals surface area contributed by atoms with Crippen LogP contribution in [0.5, 0.6) is 0 Å². The highest BCUT2D eigenvalue weighted by Gasteiger charge is 2.45. The van der Waals surface area contributed by atoms with Crippen LogP contribution >= 0.6 is 0 Å². The second-order valence-corrected chi connectivity index (χ2v) is 5.58. The molecule has 2 atom stereocenters. The van der Waals surface area contributed by atoms with E-state index in [0.29, 0.717) is 13.0 Å². The average Bonchev–Trinajstić information content (AvgIpc) is 2.97. The SMILES string of the molecule is CCOC(=O)C(C(=O)OCC)[C@@H]1CCO[C@H]1c1ccccc1C. The lowest BCUT2D eigenvalue weighted by molar-refractivity contribution is -0.165. The average molecular weight is 320 g/mol. The summed E-state index contributed by atoms with van der Waals surface area (Å²) in [6, 6.07) is 7.87. The predicted octanol–water partition coefficient (Wildman–Crippen LogP) is 2.82. The molecule has 23 heavy (non-hydrogen) atoms. The Morgan fingerprint density at radius 2 is 1.78 bits per heavy atom. The fourth-order valence-electron chi connectivity index (χ4n) is 3.08. The van der Waals surface area contributed by atoms with E-state index < -0.39 is 17.9 Å². The van der Waals surface area contributed by atoms with Crippen molar-refractivity contribution in [3.8, 4) is 0 Å². The zero-order chi connectivity index (χ0) is 16.8. The van der Waals surface area contributed by atoms with Crippen LogP contribution in [0.1, 0.15) is 37.5 Å². The molecule has 1 saturated heterocycles. The van der Waals surface area contributed by atoms with Gasteiger partial charge in [-0.05, 0) is 38.3 Å². The normalized spacial score (nSPS) is 20.5. The topological polar surface area (TPSA) is 61.8 Å². The maximum absolute atomic E-state index is 12.3. The fraction of sp³-hybridized carbons (Fsp3) is 0.556. The Hall–Kier alpha value is -1.88. The van der Waals surface area contributed by atoms with Gasteiger partial charge in [0.1, 0.15) is 0 Å². The lowest BCUT2D eigenvalue weighted by Gasteiger charge is -2.25. The Labute approximate surface area is 136 Å². The van der Waals surface area contributed by atoms with E-state index in [1.807, 2.05) is 31.2 Å². The first-order chi connectivity index (χ1) is 11.1. The number of benzene rings is 1. The van der Waals surface area contributed by atoms with Crippen LogP contribution < -0.4 is 0 Å². The number of hydrogen-bond acceptors (Lipinski definition) is 5. The molecule has 1 aromatic carbocycles. The van der Waals surface area contributed by atoms with Crippen molar-refractivity contribution >= 4 is 11.9 Å². The molecule has 2 rings (SSSR count). The molecule has 126 valence electrons. The van der Waals surface area contributed by atoms with E-state index in [-0.39, 0.29) is 25.2 Å². The summed E-state index contributed by atoms with van der Waals surface area (Å²) in [4.78, 5) is 24.7. The van der Waals surface area contributed by atoms with Gasteiger partial charge in [-0.1, -0.05) is 24.3 Å². The van der Waals surface area contributed by atoms with Crippen LogP contribution in [0, 0.1) is 18.8 Å². The van der Waals surface area contributed by atoms with Gasteiger partial charge in [0.05, 0.1) is 19.3 Å². The molecule has 1 fully saturated rings. The summed E-state index contributed by atoms with van der Waals surface area (Å²) >= 11 is 0. The third kappa shape index (κ3) is 3.91. The molecule has 0 bridgehead atoms. The van der Waals surface area contributed by atoms with Crippen molar-refractivity contribution in [2.45, 2.75) is 33.3 Å². The van der Waals surface area contributed by atoms with E-state index in [9.17, 15) is 9.59 Å². The van der Waals surface area contributed by atoms with Gasteiger partial charge in [-0.3, -0.25) is 9.59 Å². The lowest BCUT2D eigenvalue weighted by atomic mass is 9.82. The molecule has 0 radical (unpaired) electrons. The fourth-order valence-corrected chi connectivity index (χ4v) is 3.08. The van der Waals surface area contributed by atoms with E-state index in [1.54, 1.807) is 13.8 Å². The molecule has 0 aromatic heterocycles. The van der Waals surface area contributed by atoms with Crippen LogP contribution in [0.25, 0.3) is 0 Å². The summed E-state index contributed by atoms with van der Waals surface area (Å²) in [6.07, 6.45) is 0.330. The number of carbonyl (C=O) groups is 2. The number of rotatable bonds is 6. The Balaban J connectivity index is 2.31. The Kier molecular flexibility index (Phi) is 6.16. The van der Waals surface area contributed by atoms with E-state index in [1.165, 1.54) is 0 Å². The van der Waals surface area contributed by atoms with Gasteiger partial charge >= 0.3 is 11.9 Å². The summed E-state index contributed by atoms with van der Waals surface area (Å²) in [5.41, 5.74) is 2.09. The van der Waals surface area contributed by atoms with Crippen molar-refractivity contribution in [3.63, 3.8) is 0 Å². The Bertz CT molecular complexity index is 536. The maximum Gasteiger partial charge on any atom is 0.320 e. The summed E-state index contributed by atoms with van der Waals surface area (Å²) in [5.74, 6) is -2.27. The van der Waals surface area contributed by atoms with Crippen molar-refractivity contribution < 1.29 is 23.8 Å². The number of aryl methyl sites for hydroxylation is 1. The van der Waals surface area contributed by atoms with E-state index in [4.69, 9.17) is 14.2 Å². The molecule has 5 nitrogen and oxygen atoms in total. The highest BCUT2D eigenvalue weighted by Crippen LogP contribution is 2.41. The first kappa shape index (κ1) is 17.5. The van der Waals surface area contributed by atoms with Crippen LogP contribution in [0.15, 0.2) is 24.3 Å². The van der Waals surface area contributed by atoms with Crippen molar-refractivity contribution in [1.82, 2.24) is 0 Å². The number of ether oxygens (including phenoxy) is 3. The van der Waals surface area contributed by atoms with Gasteiger partial charge in [0.15, 0.2) is 5.92 Å². The van der Waals surface area contributed by atoms with Crippen LogP contribution in [0.4, 0.5) is 0 Å². The van der Waals surface area contributed by atoms with E-state index in [0.717, 1.165) is 11.1 Å². The van der Waals surface area contributed by atoms with Crippen LogP contribution in [-0.4, -0.2) is 31.8 Å². The molecular weight excluding hydrogens is 296 g/mol. The van der Waals surface area contributed by atoms with Crippen LogP contribution in [0.2, 0.25) is 0 Å². The molecule has 0 N–H and O–H groups in total. The molecule has 1 aliphatic heterocycles. The number of esters is 2. The number of carbonyl (C=O) groups excluding carboxylic acids is 2. The van der Waals surface area contributed by atoms with Crippen LogP contribution in [0.3, 0.4) is 0 Å². The monoisotopic (exact) mass is 320 g/mol. The second kappa shape index (κ2) is 8.11. The van der Waals surface area contributed by atoms with Gasteiger partial charge in [0.2, 0.25) is 0 Å². The standard InChI is InChI=1S/C18H24O5/c1-4-21-17(19)15(18(20)22-5-2)14-10-11-23-16(14)13-9-7-6-8-12(13)3/h6-9,14-16H,4-5,10-11H2,1-3H3/t14-,16-/m0/s1. The minimum absolute atomic E-state index is 0.233. The van der Waals surface area contributed by atoms with Gasteiger partial charge in [0, 0.05) is 12.5 Å². The molecule has 1 aliphatic rings. The number of hydrogen-bond donors (Lipinski definition) is 0. The molecule has 1 heterocycles. The summed E-state index contributed by atoms with van der Waals surface area (Å²) < 4.78 is 16.1. The molecule has 0 spiro atoms. The quantitative estimate of drug-likeness (QED) is 0.596. The Morgan fingerprint density at radius 1 is 1.17 bits per heavy atom. The zero-order valence-corrected chi connectivity index (χ0v) is 13.9. The largest absolute Gasteiger partial charge is 0.465 e. The first-order valence-electron chi connectivity index (χ1n) is 8.10. The second-order valence-electron chi connectivity index (χ2n) is 5.58. The van der Waals surface area contributed by atoms with Gasteiger partial charge in [-0.2, -0.15) is 0 Å². The Morgan fingerprint density at radius 3 is 2.35 bits per heavy atom. The predicted molar refractivity (Wildman–Crippen MR) is 84.7 cm³/mol. The molecule has 0 aliphatic carbocycles. The van der Waals surface area contributed by atoms with Crippen molar-refractivity contribution in [1.29, 1.82) is 0 Å². The van der Waals surface area contributed by atoms with Gasteiger partial charge in [-0.25, -0.2) is 0 Å². The molecule has 5 heteroatoms. The third-order valence-electron chi connectivity index (χ3n) is 4.14.